The van der Waals surface area contributed by atoms with E-state index in [0.717, 1.165) is 19.5 Å². The summed E-state index contributed by atoms with van der Waals surface area (Å²) in [5.41, 5.74) is 5.78. The minimum atomic E-state index is 0.310. The molecule has 1 fully saturated rings. The summed E-state index contributed by atoms with van der Waals surface area (Å²) in [6, 6.07) is 0. The van der Waals surface area contributed by atoms with Crippen LogP contribution in [-0.4, -0.2) is 30.4 Å². The zero-order valence-corrected chi connectivity index (χ0v) is 12.5. The highest BCUT2D eigenvalue weighted by molar-refractivity contribution is 5.76. The van der Waals surface area contributed by atoms with Gasteiger partial charge in [-0.3, -0.25) is 4.79 Å². The maximum Gasteiger partial charge on any atom is 0.222 e. The number of amides is 1. The number of likely N-dealkylation sites (tertiary alicyclic amines) is 1. The molecule has 3 atom stereocenters. The number of carbonyl (C=O) groups excluding carboxylic acids is 1. The molecule has 1 heterocycles. The average molecular weight is 254 g/mol. The summed E-state index contributed by atoms with van der Waals surface area (Å²) in [6.07, 6.45) is 2.94. The maximum atomic E-state index is 12.3. The summed E-state index contributed by atoms with van der Waals surface area (Å²) in [5.74, 6) is 2.55. The Morgan fingerprint density at radius 3 is 2.28 bits per heavy atom. The second-order valence-corrected chi connectivity index (χ2v) is 6.68. The molecule has 0 aliphatic carbocycles. The van der Waals surface area contributed by atoms with Crippen LogP contribution in [0.15, 0.2) is 0 Å². The topological polar surface area (TPSA) is 46.3 Å². The fourth-order valence-corrected chi connectivity index (χ4v) is 3.17. The summed E-state index contributed by atoms with van der Waals surface area (Å²) in [7, 11) is 0. The van der Waals surface area contributed by atoms with Crippen molar-refractivity contribution >= 4 is 5.91 Å². The molecule has 0 saturated carbocycles. The molecule has 3 nitrogen and oxygen atoms in total. The third-order valence-electron chi connectivity index (χ3n) is 3.82. The molecule has 1 rings (SSSR count). The van der Waals surface area contributed by atoms with Crippen molar-refractivity contribution in [3.8, 4) is 0 Å². The molecule has 2 N–H and O–H groups in total. The zero-order chi connectivity index (χ0) is 13.7. The molecule has 0 radical (unpaired) electrons. The van der Waals surface area contributed by atoms with Crippen molar-refractivity contribution in [3.05, 3.63) is 0 Å². The second-order valence-electron chi connectivity index (χ2n) is 6.68. The number of hydrogen-bond acceptors (Lipinski definition) is 2. The van der Waals surface area contributed by atoms with E-state index in [1.807, 2.05) is 0 Å². The Balaban J connectivity index is 2.47. The van der Waals surface area contributed by atoms with Gasteiger partial charge in [0.15, 0.2) is 0 Å². The lowest BCUT2D eigenvalue weighted by atomic mass is 9.90. The third-order valence-corrected chi connectivity index (χ3v) is 3.82. The molecule has 3 heteroatoms. The number of nitrogens with two attached hydrogens (primary N) is 1. The molecule has 0 spiro atoms. The summed E-state index contributed by atoms with van der Waals surface area (Å²) >= 11 is 0. The number of nitrogens with zero attached hydrogens (tertiary/aromatic N) is 1. The lowest BCUT2D eigenvalue weighted by molar-refractivity contribution is -0.134. The summed E-state index contributed by atoms with van der Waals surface area (Å²) < 4.78 is 0. The van der Waals surface area contributed by atoms with Crippen LogP contribution in [0.4, 0.5) is 0 Å². The van der Waals surface area contributed by atoms with Crippen LogP contribution >= 0.6 is 0 Å². The average Bonchev–Trinajstić information content (AvgIpc) is 2.26. The first-order valence-corrected chi connectivity index (χ1v) is 7.40. The lowest BCUT2D eigenvalue weighted by Gasteiger charge is -2.35. The van der Waals surface area contributed by atoms with E-state index in [4.69, 9.17) is 5.73 Å². The monoisotopic (exact) mass is 254 g/mol. The predicted octanol–water partition coefficient (Wildman–Crippen LogP) is 2.50. The Bertz CT molecular complexity index is 255. The summed E-state index contributed by atoms with van der Waals surface area (Å²) in [6.45, 7) is 11.4. The second kappa shape index (κ2) is 7.13. The SMILES string of the molecule is CC(C)CC(CN)CC(=O)N1CC(C)CC(C)C1. The van der Waals surface area contributed by atoms with Gasteiger partial charge in [-0.2, -0.15) is 0 Å². The molecule has 106 valence electrons. The largest absolute Gasteiger partial charge is 0.342 e. The molecule has 18 heavy (non-hydrogen) atoms. The van der Waals surface area contributed by atoms with E-state index in [9.17, 15) is 4.79 Å². The van der Waals surface area contributed by atoms with Gasteiger partial charge in [0.2, 0.25) is 5.91 Å². The first-order valence-electron chi connectivity index (χ1n) is 7.40. The van der Waals surface area contributed by atoms with Gasteiger partial charge in [0.1, 0.15) is 0 Å². The standard InChI is InChI=1S/C15H30N2O/c1-11(2)5-14(8-16)7-15(18)17-9-12(3)6-13(4)10-17/h11-14H,5-10,16H2,1-4H3. The first kappa shape index (κ1) is 15.5. The molecule has 0 bridgehead atoms. The quantitative estimate of drug-likeness (QED) is 0.819. The Hall–Kier alpha value is -0.570. The van der Waals surface area contributed by atoms with Gasteiger partial charge in [0.05, 0.1) is 0 Å². The van der Waals surface area contributed by atoms with Gasteiger partial charge in [-0.1, -0.05) is 27.7 Å². The fraction of sp³-hybridized carbons (Fsp3) is 0.933. The van der Waals surface area contributed by atoms with Crippen molar-refractivity contribution in [2.45, 2.75) is 47.0 Å². The van der Waals surface area contributed by atoms with Crippen LogP contribution in [0, 0.1) is 23.7 Å². The van der Waals surface area contributed by atoms with Crippen molar-refractivity contribution in [1.82, 2.24) is 4.90 Å². The molecular formula is C15H30N2O. The Morgan fingerprint density at radius 1 is 1.28 bits per heavy atom. The maximum absolute atomic E-state index is 12.3. The van der Waals surface area contributed by atoms with Crippen LogP contribution in [0.25, 0.3) is 0 Å². The first-order chi connectivity index (χ1) is 8.42. The number of piperidine rings is 1. The van der Waals surface area contributed by atoms with Crippen LogP contribution in [0.1, 0.15) is 47.0 Å². The normalized spacial score (nSPS) is 26.4. The van der Waals surface area contributed by atoms with Crippen molar-refractivity contribution < 1.29 is 4.79 Å². The predicted molar refractivity (Wildman–Crippen MR) is 76.1 cm³/mol. The molecule has 1 aliphatic heterocycles. The smallest absolute Gasteiger partial charge is 0.222 e. The van der Waals surface area contributed by atoms with E-state index in [1.165, 1.54) is 6.42 Å². The van der Waals surface area contributed by atoms with Crippen LogP contribution in [0.5, 0.6) is 0 Å². The number of rotatable bonds is 5. The molecule has 1 saturated heterocycles. The molecule has 0 aromatic rings. The van der Waals surface area contributed by atoms with Gasteiger partial charge in [0, 0.05) is 19.5 Å². The molecule has 3 unspecified atom stereocenters. The van der Waals surface area contributed by atoms with Crippen LogP contribution in [0.2, 0.25) is 0 Å². The van der Waals surface area contributed by atoms with Gasteiger partial charge < -0.3 is 10.6 Å². The minimum Gasteiger partial charge on any atom is -0.342 e. The van der Waals surface area contributed by atoms with Gasteiger partial charge in [-0.25, -0.2) is 0 Å². The van der Waals surface area contributed by atoms with E-state index < -0.39 is 0 Å². The van der Waals surface area contributed by atoms with Gasteiger partial charge in [-0.05, 0) is 43.1 Å². The fourth-order valence-electron chi connectivity index (χ4n) is 3.17. The van der Waals surface area contributed by atoms with E-state index >= 15 is 0 Å². The van der Waals surface area contributed by atoms with Gasteiger partial charge >= 0.3 is 0 Å². The van der Waals surface area contributed by atoms with Crippen molar-refractivity contribution in [1.29, 1.82) is 0 Å². The van der Waals surface area contributed by atoms with Crippen molar-refractivity contribution in [3.63, 3.8) is 0 Å². The van der Waals surface area contributed by atoms with E-state index in [-0.39, 0.29) is 0 Å². The van der Waals surface area contributed by atoms with Crippen LogP contribution in [-0.2, 0) is 4.79 Å². The van der Waals surface area contributed by atoms with Gasteiger partial charge in [0.25, 0.3) is 0 Å². The lowest BCUT2D eigenvalue weighted by Crippen LogP contribution is -2.43. The van der Waals surface area contributed by atoms with E-state index in [2.05, 4.69) is 32.6 Å². The molecule has 0 aromatic carbocycles. The van der Waals surface area contributed by atoms with Crippen molar-refractivity contribution in [2.24, 2.45) is 29.4 Å². The highest BCUT2D eigenvalue weighted by atomic mass is 16.2. The van der Waals surface area contributed by atoms with Crippen LogP contribution in [0.3, 0.4) is 0 Å². The molecule has 1 aliphatic rings. The van der Waals surface area contributed by atoms with E-state index in [1.54, 1.807) is 0 Å². The molecule has 1 amide bonds. The number of hydrogen-bond donors (Lipinski definition) is 1. The highest BCUT2D eigenvalue weighted by Crippen LogP contribution is 2.23. The van der Waals surface area contributed by atoms with Crippen molar-refractivity contribution in [2.75, 3.05) is 19.6 Å². The summed E-state index contributed by atoms with van der Waals surface area (Å²) in [5, 5.41) is 0. The van der Waals surface area contributed by atoms with Gasteiger partial charge in [-0.15, -0.1) is 0 Å². The number of carbonyl (C=O) groups is 1. The highest BCUT2D eigenvalue weighted by Gasteiger charge is 2.26. The Morgan fingerprint density at radius 2 is 1.83 bits per heavy atom. The van der Waals surface area contributed by atoms with E-state index in [0.29, 0.717) is 42.5 Å². The molecular weight excluding hydrogens is 224 g/mol. The zero-order valence-electron chi connectivity index (χ0n) is 12.5. The third kappa shape index (κ3) is 4.97. The Labute approximate surface area is 112 Å². The molecule has 0 aromatic heterocycles. The minimum absolute atomic E-state index is 0.310. The summed E-state index contributed by atoms with van der Waals surface area (Å²) in [4.78, 5) is 14.4. The van der Waals surface area contributed by atoms with Crippen LogP contribution < -0.4 is 5.73 Å². The Kier molecular flexibility index (Phi) is 6.13.